The summed E-state index contributed by atoms with van der Waals surface area (Å²) in [5.41, 5.74) is 9.17. The van der Waals surface area contributed by atoms with Crippen LogP contribution < -0.4 is 14.2 Å². The topological polar surface area (TPSA) is 103 Å². The van der Waals surface area contributed by atoms with Crippen LogP contribution >= 0.6 is 0 Å². The summed E-state index contributed by atoms with van der Waals surface area (Å²) in [5, 5.41) is 3.51. The van der Waals surface area contributed by atoms with Crippen molar-refractivity contribution in [2.75, 3.05) is 27.9 Å². The Labute approximate surface area is 127 Å². The lowest BCUT2D eigenvalue weighted by molar-refractivity contribution is -0.141. The molecule has 0 aliphatic carbocycles. The predicted octanol–water partition coefficient (Wildman–Crippen LogP) is 2.42. The van der Waals surface area contributed by atoms with Crippen LogP contribution in [0.4, 0.5) is 0 Å². The van der Waals surface area contributed by atoms with Crippen LogP contribution in [0.3, 0.4) is 0 Å². The number of carbonyl (C=O) groups is 1. The quantitative estimate of drug-likeness (QED) is 0.347. The molecule has 0 unspecified atom stereocenters. The van der Waals surface area contributed by atoms with E-state index in [0.29, 0.717) is 22.8 Å². The first-order chi connectivity index (χ1) is 10.6. The molecule has 118 valence electrons. The molecule has 22 heavy (non-hydrogen) atoms. The Kier molecular flexibility index (Phi) is 4.95. The highest BCUT2D eigenvalue weighted by atomic mass is 16.6. The number of hydrogen-bond acceptors (Lipinski definition) is 6. The molecule has 1 aliphatic rings. The Hall–Kier alpha value is -2.60. The minimum atomic E-state index is -0.542. The second kappa shape index (κ2) is 6.91. The van der Waals surface area contributed by atoms with E-state index in [1.807, 2.05) is 0 Å². The molecule has 8 nitrogen and oxygen atoms in total. The van der Waals surface area contributed by atoms with Gasteiger partial charge >= 0.3 is 5.97 Å². The van der Waals surface area contributed by atoms with Crippen molar-refractivity contribution in [2.45, 2.75) is 18.4 Å². The highest BCUT2D eigenvalue weighted by Crippen LogP contribution is 2.44. The third-order valence-electron chi connectivity index (χ3n) is 3.57. The van der Waals surface area contributed by atoms with Gasteiger partial charge in [0.05, 0.1) is 34.3 Å². The number of hydrogen-bond donors (Lipinski definition) is 0. The molecule has 0 aromatic heterocycles. The van der Waals surface area contributed by atoms with Crippen LogP contribution in [0.1, 0.15) is 17.9 Å². The van der Waals surface area contributed by atoms with Gasteiger partial charge < -0.3 is 18.9 Å². The van der Waals surface area contributed by atoms with Crippen molar-refractivity contribution < 1.29 is 23.7 Å². The van der Waals surface area contributed by atoms with E-state index in [2.05, 4.69) is 10.0 Å². The number of nitrogens with zero attached hydrogens (tertiary/aromatic N) is 3. The molecule has 0 amide bonds. The van der Waals surface area contributed by atoms with Gasteiger partial charge in [-0.2, -0.15) is 0 Å². The number of rotatable bonds is 6. The zero-order valence-corrected chi connectivity index (χ0v) is 12.6. The SMILES string of the molecule is COc1cc(OC)c([C@H]2CC(=O)O[C@@H]2CN=[N+]=[N-])c(OC)c1. The first-order valence-corrected chi connectivity index (χ1v) is 6.64. The molecule has 0 N–H and O–H groups in total. The van der Waals surface area contributed by atoms with E-state index < -0.39 is 6.10 Å². The van der Waals surface area contributed by atoms with Crippen molar-refractivity contribution in [3.63, 3.8) is 0 Å². The molecule has 1 aliphatic heterocycles. The standard InChI is InChI=1S/C14H17N3O5/c1-19-8-4-10(20-2)14(11(5-8)21-3)9-6-13(18)22-12(9)7-16-17-15/h4-5,9,12H,6-7H2,1-3H3/t9-,12+/m0/s1. The summed E-state index contributed by atoms with van der Waals surface area (Å²) in [7, 11) is 4.59. The van der Waals surface area contributed by atoms with E-state index in [9.17, 15) is 4.79 Å². The lowest BCUT2D eigenvalue weighted by Gasteiger charge is -2.21. The molecule has 0 radical (unpaired) electrons. The summed E-state index contributed by atoms with van der Waals surface area (Å²) in [4.78, 5) is 14.4. The summed E-state index contributed by atoms with van der Waals surface area (Å²) < 4.78 is 21.2. The van der Waals surface area contributed by atoms with Crippen LogP contribution in [-0.4, -0.2) is 39.9 Å². The van der Waals surface area contributed by atoms with Crippen LogP contribution in [0.25, 0.3) is 10.4 Å². The van der Waals surface area contributed by atoms with Crippen LogP contribution in [0.5, 0.6) is 17.2 Å². The van der Waals surface area contributed by atoms with E-state index in [4.69, 9.17) is 24.5 Å². The summed E-state index contributed by atoms with van der Waals surface area (Å²) in [6.07, 6.45) is -0.371. The maximum Gasteiger partial charge on any atom is 0.306 e. The van der Waals surface area contributed by atoms with Gasteiger partial charge in [0, 0.05) is 28.5 Å². The van der Waals surface area contributed by atoms with Crippen molar-refractivity contribution in [3.05, 3.63) is 28.1 Å². The Morgan fingerprint density at radius 1 is 1.27 bits per heavy atom. The van der Waals surface area contributed by atoms with Crippen LogP contribution in [0, 0.1) is 0 Å². The van der Waals surface area contributed by atoms with Gasteiger partial charge in [-0.3, -0.25) is 4.79 Å². The molecule has 0 saturated carbocycles. The fraction of sp³-hybridized carbons (Fsp3) is 0.500. The molecule has 0 spiro atoms. The second-order valence-electron chi connectivity index (χ2n) is 4.70. The number of methoxy groups -OCH3 is 3. The molecule has 1 saturated heterocycles. The van der Waals surface area contributed by atoms with Gasteiger partial charge in [-0.15, -0.1) is 0 Å². The summed E-state index contributed by atoms with van der Waals surface area (Å²) in [5.74, 6) is 0.988. The van der Waals surface area contributed by atoms with Crippen molar-refractivity contribution in [3.8, 4) is 17.2 Å². The van der Waals surface area contributed by atoms with Crippen LogP contribution in [-0.2, 0) is 9.53 Å². The van der Waals surface area contributed by atoms with Gasteiger partial charge in [0.1, 0.15) is 23.4 Å². The molecule has 1 fully saturated rings. The number of cyclic esters (lactones) is 1. The monoisotopic (exact) mass is 307 g/mol. The number of benzene rings is 1. The van der Waals surface area contributed by atoms with Crippen molar-refractivity contribution in [1.82, 2.24) is 0 Å². The normalized spacial score (nSPS) is 20.0. The van der Waals surface area contributed by atoms with E-state index in [-0.39, 0.29) is 24.9 Å². The van der Waals surface area contributed by atoms with Gasteiger partial charge in [0.15, 0.2) is 0 Å². The Bertz CT molecular complexity index is 587. The molecule has 1 aromatic rings. The van der Waals surface area contributed by atoms with Gasteiger partial charge in [-0.05, 0) is 5.53 Å². The van der Waals surface area contributed by atoms with Crippen molar-refractivity contribution in [1.29, 1.82) is 0 Å². The number of carbonyl (C=O) groups excluding carboxylic acids is 1. The molecule has 8 heteroatoms. The van der Waals surface area contributed by atoms with Crippen LogP contribution in [0.15, 0.2) is 17.2 Å². The number of esters is 1. The Balaban J connectivity index is 2.48. The first-order valence-electron chi connectivity index (χ1n) is 6.64. The third-order valence-corrected chi connectivity index (χ3v) is 3.57. The summed E-state index contributed by atoms with van der Waals surface area (Å²) in [6, 6.07) is 3.43. The summed E-state index contributed by atoms with van der Waals surface area (Å²) >= 11 is 0. The fourth-order valence-electron chi connectivity index (χ4n) is 2.58. The molecular weight excluding hydrogens is 290 g/mol. The molecule has 1 heterocycles. The minimum absolute atomic E-state index is 0.0608. The maximum atomic E-state index is 11.7. The minimum Gasteiger partial charge on any atom is -0.496 e. The number of ether oxygens (including phenoxy) is 4. The Morgan fingerprint density at radius 3 is 2.41 bits per heavy atom. The lowest BCUT2D eigenvalue weighted by atomic mass is 9.90. The first kappa shape index (κ1) is 15.8. The highest BCUT2D eigenvalue weighted by Gasteiger charge is 2.39. The average molecular weight is 307 g/mol. The van der Waals surface area contributed by atoms with Crippen molar-refractivity contribution >= 4 is 5.97 Å². The van der Waals surface area contributed by atoms with Crippen molar-refractivity contribution in [2.24, 2.45) is 5.11 Å². The van der Waals surface area contributed by atoms with Gasteiger partial charge in [0.2, 0.25) is 0 Å². The highest BCUT2D eigenvalue weighted by molar-refractivity contribution is 5.74. The zero-order valence-electron chi connectivity index (χ0n) is 12.6. The largest absolute Gasteiger partial charge is 0.496 e. The van der Waals surface area contributed by atoms with Gasteiger partial charge in [0.25, 0.3) is 0 Å². The lowest BCUT2D eigenvalue weighted by Crippen LogP contribution is -2.19. The predicted molar refractivity (Wildman–Crippen MR) is 77.3 cm³/mol. The van der Waals surface area contributed by atoms with Gasteiger partial charge in [-0.25, -0.2) is 0 Å². The maximum absolute atomic E-state index is 11.7. The van der Waals surface area contributed by atoms with E-state index in [1.54, 1.807) is 19.2 Å². The van der Waals surface area contributed by atoms with E-state index in [0.717, 1.165) is 0 Å². The smallest absolute Gasteiger partial charge is 0.306 e. The number of azide groups is 1. The molecule has 2 atom stereocenters. The summed E-state index contributed by atoms with van der Waals surface area (Å²) in [6.45, 7) is 0.0608. The van der Waals surface area contributed by atoms with Gasteiger partial charge in [-0.1, -0.05) is 5.11 Å². The molecular formula is C14H17N3O5. The second-order valence-corrected chi connectivity index (χ2v) is 4.70. The average Bonchev–Trinajstić information content (AvgIpc) is 2.91. The van der Waals surface area contributed by atoms with Crippen LogP contribution in [0.2, 0.25) is 0 Å². The molecule has 0 bridgehead atoms. The third kappa shape index (κ3) is 3.01. The molecule has 1 aromatic carbocycles. The van der Waals surface area contributed by atoms with E-state index >= 15 is 0 Å². The van der Waals surface area contributed by atoms with E-state index in [1.165, 1.54) is 14.2 Å². The Morgan fingerprint density at radius 2 is 1.91 bits per heavy atom. The zero-order chi connectivity index (χ0) is 16.1. The fourth-order valence-corrected chi connectivity index (χ4v) is 2.58. The molecule has 2 rings (SSSR count).